The molecule has 1 heteroatoms. The van der Waals surface area contributed by atoms with Crippen LogP contribution in [-0.4, -0.2) is 25.8 Å². The number of hydrogen-bond acceptors (Lipinski definition) is 0. The Balaban J connectivity index is 3.58. The van der Waals surface area contributed by atoms with Crippen molar-refractivity contribution in [3.8, 4) is 0 Å². The Morgan fingerprint density at radius 3 is 1.25 bits per heavy atom. The van der Waals surface area contributed by atoms with Crippen molar-refractivity contribution in [1.29, 1.82) is 0 Å². The molecule has 0 aromatic rings. The SMILES string of the molecule is CC[C]([PbH])(CC)CC. The van der Waals surface area contributed by atoms with Crippen LogP contribution in [0.4, 0.5) is 0 Å². The van der Waals surface area contributed by atoms with E-state index in [9.17, 15) is 0 Å². The van der Waals surface area contributed by atoms with Crippen LogP contribution in [0.5, 0.6) is 0 Å². The van der Waals surface area contributed by atoms with E-state index in [1.165, 1.54) is 45.0 Å². The van der Waals surface area contributed by atoms with Gasteiger partial charge < -0.3 is 0 Å². The first-order valence-corrected chi connectivity index (χ1v) is 5.72. The molecule has 0 amide bonds. The Hall–Kier alpha value is 0.922. The van der Waals surface area contributed by atoms with Crippen molar-refractivity contribution in [3.05, 3.63) is 0 Å². The monoisotopic (exact) mass is 308 g/mol. The predicted octanol–water partition coefficient (Wildman–Crippen LogP) is 2.28. The number of rotatable bonds is 3. The fourth-order valence-corrected chi connectivity index (χ4v) is 0.750. The summed E-state index contributed by atoms with van der Waals surface area (Å²) in [4.78, 5) is 0. The van der Waals surface area contributed by atoms with Crippen LogP contribution in [0.15, 0.2) is 0 Å². The molecule has 0 aliphatic heterocycles. The quantitative estimate of drug-likeness (QED) is 0.702. The molecule has 0 aliphatic rings. The molecule has 0 aromatic carbocycles. The van der Waals surface area contributed by atoms with Crippen molar-refractivity contribution in [2.75, 3.05) is 0 Å². The van der Waals surface area contributed by atoms with E-state index < -0.39 is 0 Å². The molecule has 0 nitrogen and oxygen atoms in total. The third-order valence-electron chi connectivity index (χ3n) is 2.11. The summed E-state index contributed by atoms with van der Waals surface area (Å²) in [6, 6.07) is 0. The van der Waals surface area contributed by atoms with Crippen LogP contribution in [0.3, 0.4) is 0 Å². The van der Waals surface area contributed by atoms with E-state index in [0.29, 0.717) is 0 Å². The first-order valence-electron chi connectivity index (χ1n) is 3.47. The van der Waals surface area contributed by atoms with Crippen molar-refractivity contribution in [1.82, 2.24) is 0 Å². The molecule has 0 heterocycles. The van der Waals surface area contributed by atoms with Crippen molar-refractivity contribution >= 4 is 25.8 Å². The van der Waals surface area contributed by atoms with Crippen molar-refractivity contribution in [2.24, 2.45) is 0 Å². The molecule has 0 N–H and O–H groups in total. The second-order valence-electron chi connectivity index (χ2n) is 2.42. The normalized spacial score (nSPS) is 12.0. The maximum atomic E-state index is 2.31. The van der Waals surface area contributed by atoms with E-state index in [4.69, 9.17) is 0 Å². The summed E-state index contributed by atoms with van der Waals surface area (Å²) in [5.74, 6) is 0. The Kier molecular flexibility index (Phi) is 4.30. The van der Waals surface area contributed by atoms with E-state index in [1.807, 2.05) is 0 Å². The standard InChI is InChI=1S/C7H15.Pb.H/c1-4-7(5-2)6-3;;/h4-6H2,1-3H3;;. The van der Waals surface area contributed by atoms with Gasteiger partial charge in [0.15, 0.2) is 0 Å². The van der Waals surface area contributed by atoms with Gasteiger partial charge in [0.25, 0.3) is 0 Å². The maximum absolute atomic E-state index is 2.31. The first kappa shape index (κ1) is 8.92. The molecule has 0 spiro atoms. The fourth-order valence-electron chi connectivity index (χ4n) is 0.750. The van der Waals surface area contributed by atoms with E-state index >= 15 is 0 Å². The third kappa shape index (κ3) is 2.47. The average Bonchev–Trinajstić information content (AvgIpc) is 1.87. The summed E-state index contributed by atoms with van der Waals surface area (Å²) in [5, 5.41) is 0. The first-order chi connectivity index (χ1) is 3.68. The Labute approximate surface area is 68.7 Å². The van der Waals surface area contributed by atoms with Gasteiger partial charge in [0.2, 0.25) is 0 Å². The second kappa shape index (κ2) is 3.86. The summed E-state index contributed by atoms with van der Waals surface area (Å²) < 4.78 is 0.792. The molecular weight excluding hydrogens is 291 g/mol. The minimum absolute atomic E-state index is 0.792. The molecule has 0 fully saturated rings. The third-order valence-corrected chi connectivity index (χ3v) is 6.87. The van der Waals surface area contributed by atoms with Gasteiger partial charge >= 0.3 is 68.8 Å². The van der Waals surface area contributed by atoms with Crippen LogP contribution in [0, 0.1) is 0 Å². The summed E-state index contributed by atoms with van der Waals surface area (Å²) in [6.45, 7) is 6.94. The van der Waals surface area contributed by atoms with Crippen LogP contribution in [-0.2, 0) is 0 Å². The molecule has 0 atom stereocenters. The fraction of sp³-hybridized carbons (Fsp3) is 1.00. The summed E-state index contributed by atoms with van der Waals surface area (Å²) >= 11 is 1.17. The van der Waals surface area contributed by atoms with Gasteiger partial charge in [0.05, 0.1) is 0 Å². The van der Waals surface area contributed by atoms with Crippen molar-refractivity contribution in [2.45, 2.75) is 43.0 Å². The molecule has 0 saturated carbocycles. The minimum atomic E-state index is 0.792. The van der Waals surface area contributed by atoms with Gasteiger partial charge in [0, 0.05) is 0 Å². The van der Waals surface area contributed by atoms with Crippen LogP contribution in [0.1, 0.15) is 40.0 Å². The van der Waals surface area contributed by atoms with Crippen LogP contribution in [0.2, 0.25) is 2.97 Å². The van der Waals surface area contributed by atoms with Gasteiger partial charge in [-0.1, -0.05) is 0 Å². The van der Waals surface area contributed by atoms with Gasteiger partial charge in [-0.3, -0.25) is 0 Å². The van der Waals surface area contributed by atoms with Gasteiger partial charge in [-0.2, -0.15) is 0 Å². The molecule has 0 bridgehead atoms. The second-order valence-corrected chi connectivity index (χ2v) is 7.18. The van der Waals surface area contributed by atoms with E-state index in [0.717, 1.165) is 2.97 Å². The summed E-state index contributed by atoms with van der Waals surface area (Å²) in [5.41, 5.74) is 0. The van der Waals surface area contributed by atoms with Crippen LogP contribution >= 0.6 is 0 Å². The Morgan fingerprint density at radius 2 is 1.25 bits per heavy atom. The number of hydrogen-bond donors (Lipinski definition) is 0. The molecular formula is C7H16Pb. The summed E-state index contributed by atoms with van der Waals surface area (Å²) in [6.07, 6.45) is 4.18. The molecule has 0 aliphatic carbocycles. The molecule has 0 rings (SSSR count). The predicted molar refractivity (Wildman–Crippen MR) is 40.7 cm³/mol. The molecule has 0 aromatic heterocycles. The molecule has 8 heavy (non-hydrogen) atoms. The molecule has 48 valence electrons. The zero-order valence-electron chi connectivity index (χ0n) is 6.20. The van der Waals surface area contributed by atoms with Gasteiger partial charge in [-0.05, 0) is 0 Å². The van der Waals surface area contributed by atoms with E-state index in [2.05, 4.69) is 20.8 Å². The molecule has 2 radical (unpaired) electrons. The van der Waals surface area contributed by atoms with Gasteiger partial charge in [-0.15, -0.1) is 0 Å². The summed E-state index contributed by atoms with van der Waals surface area (Å²) in [7, 11) is 0. The molecule has 0 unspecified atom stereocenters. The topological polar surface area (TPSA) is 0 Å². The van der Waals surface area contributed by atoms with Gasteiger partial charge in [-0.25, -0.2) is 0 Å². The average molecular weight is 307 g/mol. The van der Waals surface area contributed by atoms with Crippen LogP contribution < -0.4 is 0 Å². The van der Waals surface area contributed by atoms with Crippen LogP contribution in [0.25, 0.3) is 0 Å². The zero-order valence-corrected chi connectivity index (χ0v) is 10.7. The van der Waals surface area contributed by atoms with E-state index in [-0.39, 0.29) is 0 Å². The van der Waals surface area contributed by atoms with Crippen molar-refractivity contribution in [3.63, 3.8) is 0 Å². The van der Waals surface area contributed by atoms with E-state index in [1.54, 1.807) is 0 Å². The van der Waals surface area contributed by atoms with Gasteiger partial charge in [0.1, 0.15) is 0 Å². The Morgan fingerprint density at radius 1 is 1.00 bits per heavy atom. The van der Waals surface area contributed by atoms with Crippen molar-refractivity contribution < 1.29 is 0 Å². The Bertz CT molecular complexity index is 47.1. The molecule has 0 saturated heterocycles. The zero-order chi connectivity index (χ0) is 6.62.